The van der Waals surface area contributed by atoms with E-state index in [9.17, 15) is 0 Å². The first-order valence-corrected chi connectivity index (χ1v) is 8.79. The molecule has 0 saturated heterocycles. The largest absolute Gasteiger partial charge is 0.381 e. The molecule has 1 aromatic carbocycles. The van der Waals surface area contributed by atoms with Gasteiger partial charge in [0.05, 0.1) is 6.61 Å². The van der Waals surface area contributed by atoms with Gasteiger partial charge in [-0.25, -0.2) is 0 Å². The lowest BCUT2D eigenvalue weighted by Gasteiger charge is -2.25. The zero-order valence-electron chi connectivity index (χ0n) is 13.5. The van der Waals surface area contributed by atoms with Crippen molar-refractivity contribution in [1.82, 2.24) is 5.32 Å². The maximum Gasteiger partial charge on any atom is 0.0509 e. The highest BCUT2D eigenvalue weighted by Gasteiger charge is 2.22. The first kappa shape index (κ1) is 17.0. The number of halogens is 1. The zero-order chi connectivity index (χ0) is 15.3. The van der Waals surface area contributed by atoms with Crippen LogP contribution in [-0.4, -0.2) is 25.3 Å². The van der Waals surface area contributed by atoms with Crippen LogP contribution >= 0.6 is 15.9 Å². The molecule has 0 amide bonds. The molecule has 1 aliphatic carbocycles. The molecule has 1 saturated carbocycles. The number of hydrogen-bond acceptors (Lipinski definition) is 2. The Bertz CT molecular complexity index is 420. The number of benzene rings is 1. The summed E-state index contributed by atoms with van der Waals surface area (Å²) in [6.07, 6.45) is 3.79. The molecular weight excluding hydrogens is 326 g/mol. The molecule has 2 nitrogen and oxygen atoms in total. The van der Waals surface area contributed by atoms with Crippen molar-refractivity contribution in [3.05, 3.63) is 34.3 Å². The molecule has 1 unspecified atom stereocenters. The van der Waals surface area contributed by atoms with Crippen LogP contribution in [0, 0.1) is 11.8 Å². The maximum atomic E-state index is 5.93. The van der Waals surface area contributed by atoms with Crippen molar-refractivity contribution in [2.24, 2.45) is 11.8 Å². The topological polar surface area (TPSA) is 21.3 Å². The number of rotatable bonds is 8. The van der Waals surface area contributed by atoms with Crippen LogP contribution in [0.3, 0.4) is 0 Å². The van der Waals surface area contributed by atoms with E-state index in [1.807, 2.05) is 0 Å². The van der Waals surface area contributed by atoms with Gasteiger partial charge in [0.1, 0.15) is 0 Å². The maximum absolute atomic E-state index is 5.93. The van der Waals surface area contributed by atoms with Crippen molar-refractivity contribution in [3.8, 4) is 0 Å². The summed E-state index contributed by atoms with van der Waals surface area (Å²) >= 11 is 3.50. The monoisotopic (exact) mass is 353 g/mol. The molecule has 1 aliphatic rings. The van der Waals surface area contributed by atoms with E-state index in [4.69, 9.17) is 4.74 Å². The molecule has 1 fully saturated rings. The summed E-state index contributed by atoms with van der Waals surface area (Å²) in [4.78, 5) is 0. The summed E-state index contributed by atoms with van der Waals surface area (Å²) in [5.41, 5.74) is 1.54. The van der Waals surface area contributed by atoms with Gasteiger partial charge in [-0.05, 0) is 69.6 Å². The van der Waals surface area contributed by atoms with Gasteiger partial charge >= 0.3 is 0 Å². The predicted octanol–water partition coefficient (Wildman–Crippen LogP) is 4.42. The van der Waals surface area contributed by atoms with E-state index in [1.165, 1.54) is 18.4 Å². The van der Waals surface area contributed by atoms with Crippen molar-refractivity contribution in [2.75, 3.05) is 19.8 Å². The lowest BCUT2D eigenvalue weighted by molar-refractivity contribution is 0.0885. The van der Waals surface area contributed by atoms with Crippen LogP contribution < -0.4 is 5.32 Å². The van der Waals surface area contributed by atoms with Gasteiger partial charge in [-0.2, -0.15) is 0 Å². The van der Waals surface area contributed by atoms with Crippen LogP contribution in [0.25, 0.3) is 0 Å². The molecule has 0 heterocycles. The third kappa shape index (κ3) is 7.44. The van der Waals surface area contributed by atoms with Crippen molar-refractivity contribution in [1.29, 1.82) is 0 Å². The standard InChI is InChI=1S/C18H28BrNO/c1-18(2,3)20-11-16(13-21-12-15-4-5-15)10-14-6-8-17(19)9-7-14/h6-9,15-16,20H,4-5,10-13H2,1-3H3. The number of hydrogen-bond donors (Lipinski definition) is 1. The second kappa shape index (κ2) is 7.75. The second-order valence-corrected chi connectivity index (χ2v) is 8.22. The van der Waals surface area contributed by atoms with Gasteiger partial charge in [0.25, 0.3) is 0 Å². The Kier molecular flexibility index (Phi) is 6.27. The average molecular weight is 354 g/mol. The Morgan fingerprint density at radius 3 is 2.48 bits per heavy atom. The van der Waals surface area contributed by atoms with Gasteiger partial charge in [0.15, 0.2) is 0 Å². The molecule has 0 aliphatic heterocycles. The number of nitrogens with one attached hydrogen (secondary N) is 1. The van der Waals surface area contributed by atoms with Gasteiger partial charge in [-0.15, -0.1) is 0 Å². The van der Waals surface area contributed by atoms with E-state index in [2.05, 4.69) is 66.3 Å². The summed E-state index contributed by atoms with van der Waals surface area (Å²) in [6, 6.07) is 8.65. The van der Waals surface area contributed by atoms with E-state index in [1.54, 1.807) is 0 Å². The summed E-state index contributed by atoms with van der Waals surface area (Å²) in [5.74, 6) is 1.37. The van der Waals surface area contributed by atoms with E-state index in [-0.39, 0.29) is 5.54 Å². The van der Waals surface area contributed by atoms with Crippen molar-refractivity contribution in [2.45, 2.75) is 45.6 Å². The fourth-order valence-electron chi connectivity index (χ4n) is 2.28. The summed E-state index contributed by atoms with van der Waals surface area (Å²) in [5, 5.41) is 3.62. The Morgan fingerprint density at radius 2 is 1.90 bits per heavy atom. The number of ether oxygens (including phenoxy) is 1. The van der Waals surface area contributed by atoms with Gasteiger partial charge in [0, 0.05) is 23.2 Å². The first-order valence-electron chi connectivity index (χ1n) is 7.99. The van der Waals surface area contributed by atoms with Crippen LogP contribution in [0.15, 0.2) is 28.7 Å². The molecule has 0 radical (unpaired) electrons. The van der Waals surface area contributed by atoms with E-state index < -0.39 is 0 Å². The molecule has 3 heteroatoms. The average Bonchev–Trinajstić information content (AvgIpc) is 3.21. The molecule has 2 rings (SSSR count). The zero-order valence-corrected chi connectivity index (χ0v) is 15.1. The van der Waals surface area contributed by atoms with E-state index in [0.717, 1.165) is 36.6 Å². The van der Waals surface area contributed by atoms with Gasteiger partial charge < -0.3 is 10.1 Å². The molecule has 0 aromatic heterocycles. The van der Waals surface area contributed by atoms with Crippen LogP contribution in [-0.2, 0) is 11.2 Å². The lowest BCUT2D eigenvalue weighted by atomic mass is 9.98. The Labute approximate surface area is 137 Å². The quantitative estimate of drug-likeness (QED) is 0.746. The Balaban J connectivity index is 1.84. The van der Waals surface area contributed by atoms with Crippen LogP contribution in [0.2, 0.25) is 0 Å². The van der Waals surface area contributed by atoms with Gasteiger partial charge in [-0.1, -0.05) is 28.1 Å². The molecule has 1 N–H and O–H groups in total. The molecule has 0 spiro atoms. The normalized spacial score (nSPS) is 17.0. The third-order valence-corrected chi connectivity index (χ3v) is 4.29. The summed E-state index contributed by atoms with van der Waals surface area (Å²) < 4.78 is 7.07. The van der Waals surface area contributed by atoms with Crippen molar-refractivity contribution in [3.63, 3.8) is 0 Å². The lowest BCUT2D eigenvalue weighted by Crippen LogP contribution is -2.40. The van der Waals surface area contributed by atoms with Crippen LogP contribution in [0.1, 0.15) is 39.2 Å². The molecule has 118 valence electrons. The highest BCUT2D eigenvalue weighted by Crippen LogP contribution is 2.29. The van der Waals surface area contributed by atoms with Crippen molar-refractivity contribution >= 4 is 15.9 Å². The minimum absolute atomic E-state index is 0.161. The van der Waals surface area contributed by atoms with E-state index in [0.29, 0.717) is 5.92 Å². The molecule has 21 heavy (non-hydrogen) atoms. The molecule has 0 bridgehead atoms. The van der Waals surface area contributed by atoms with E-state index >= 15 is 0 Å². The molecule has 1 aromatic rings. The Hall–Kier alpha value is -0.380. The summed E-state index contributed by atoms with van der Waals surface area (Å²) in [6.45, 7) is 9.46. The van der Waals surface area contributed by atoms with Gasteiger partial charge in [-0.3, -0.25) is 0 Å². The summed E-state index contributed by atoms with van der Waals surface area (Å²) in [7, 11) is 0. The fraction of sp³-hybridized carbons (Fsp3) is 0.667. The minimum atomic E-state index is 0.161. The van der Waals surface area contributed by atoms with Crippen molar-refractivity contribution < 1.29 is 4.74 Å². The second-order valence-electron chi connectivity index (χ2n) is 7.31. The smallest absolute Gasteiger partial charge is 0.0509 e. The first-order chi connectivity index (χ1) is 9.92. The van der Waals surface area contributed by atoms with Crippen LogP contribution in [0.4, 0.5) is 0 Å². The van der Waals surface area contributed by atoms with Gasteiger partial charge in [0.2, 0.25) is 0 Å². The third-order valence-electron chi connectivity index (χ3n) is 3.76. The SMILES string of the molecule is CC(C)(C)NCC(COCC1CC1)Cc1ccc(Br)cc1. The molecule has 1 atom stereocenters. The predicted molar refractivity (Wildman–Crippen MR) is 92.6 cm³/mol. The highest BCUT2D eigenvalue weighted by atomic mass is 79.9. The minimum Gasteiger partial charge on any atom is -0.381 e. The Morgan fingerprint density at radius 1 is 1.24 bits per heavy atom. The van der Waals surface area contributed by atoms with Crippen LogP contribution in [0.5, 0.6) is 0 Å². The molecular formula is C18H28BrNO. The fourth-order valence-corrected chi connectivity index (χ4v) is 2.54. The highest BCUT2D eigenvalue weighted by molar-refractivity contribution is 9.10.